The average Bonchev–Trinajstić information content (AvgIpc) is 1.70. The van der Waals surface area contributed by atoms with Gasteiger partial charge in [0.1, 0.15) is 114 Å². The second kappa shape index (κ2) is 47.9. The van der Waals surface area contributed by atoms with E-state index in [9.17, 15) is 45.9 Å². The molecule has 680 valence electrons. The Bertz CT molecular complexity index is 6780. The quantitative estimate of drug-likeness (QED) is 0.0252. The molecular weight excluding hydrogens is 1750 g/mol. The van der Waals surface area contributed by atoms with Gasteiger partial charge in [0.25, 0.3) is 29.5 Å². The SMILES string of the molecule is COc1ncccc1C(=O)NCc1ccc(OCc2ccccc2F)cc1.O=C(NCc1ccc(OCc2ccccc2F)cc1)c1cccc2cncn12.O=C(NCc1ccc(OCc2ccccc2F)cc1)c1ccn2cncc2c1.O=C(NCc1ccc(OCc2ccccc2F)cc1)c1cscn1.O=C(NCc1ccc(OCc2ccccc2F)cn1)c1cccn2cnnc12. The molecule has 9 aromatic heterocycles. The maximum Gasteiger partial charge on any atom is 0.271 e. The molecule has 0 aliphatic rings. The molecule has 18 aromatic rings. The van der Waals surface area contributed by atoms with Gasteiger partial charge >= 0.3 is 0 Å². The highest BCUT2D eigenvalue weighted by molar-refractivity contribution is 7.07. The van der Waals surface area contributed by atoms with Crippen LogP contribution < -0.4 is 55.0 Å². The Morgan fingerprint density at radius 1 is 0.363 bits per heavy atom. The molecule has 0 fully saturated rings. The molecule has 0 atom stereocenters. The van der Waals surface area contributed by atoms with Gasteiger partial charge in [0.2, 0.25) is 5.88 Å². The summed E-state index contributed by atoms with van der Waals surface area (Å²) in [4.78, 5) is 81.6. The molecule has 0 aliphatic heterocycles. The minimum Gasteiger partial charge on any atom is -0.489 e. The second-order valence-electron chi connectivity index (χ2n) is 29.5. The lowest BCUT2D eigenvalue weighted by Crippen LogP contribution is -2.24. The van der Waals surface area contributed by atoms with Crippen molar-refractivity contribution in [1.29, 1.82) is 0 Å². The van der Waals surface area contributed by atoms with Crippen LogP contribution in [0.5, 0.6) is 34.6 Å². The minimum atomic E-state index is -0.308. The van der Waals surface area contributed by atoms with Gasteiger partial charge < -0.3 is 59.4 Å². The molecule has 135 heavy (non-hydrogen) atoms. The predicted molar refractivity (Wildman–Crippen MR) is 496 cm³/mol. The maximum atomic E-state index is 13.6. The summed E-state index contributed by atoms with van der Waals surface area (Å²) in [6.45, 7) is 2.57. The van der Waals surface area contributed by atoms with Crippen molar-refractivity contribution in [2.45, 2.75) is 65.8 Å². The van der Waals surface area contributed by atoms with E-state index < -0.39 is 0 Å². The lowest BCUT2D eigenvalue weighted by molar-refractivity contribution is 0.0937. The van der Waals surface area contributed by atoms with Gasteiger partial charge in [-0.3, -0.25) is 37.8 Å². The third kappa shape index (κ3) is 27.4. The minimum absolute atomic E-state index is 0.118. The van der Waals surface area contributed by atoms with E-state index in [-0.39, 0.29) is 104 Å². The first-order valence-corrected chi connectivity index (χ1v) is 42.9. The predicted octanol–water partition coefficient (Wildman–Crippen LogP) is 18.3. The summed E-state index contributed by atoms with van der Waals surface area (Å²) >= 11 is 1.38. The number of nitrogens with zero attached hydrogens (tertiary/aromatic N) is 10. The number of methoxy groups -OCH3 is 1. The van der Waals surface area contributed by atoms with Crippen molar-refractivity contribution in [3.63, 3.8) is 0 Å². The van der Waals surface area contributed by atoms with E-state index >= 15 is 0 Å². The van der Waals surface area contributed by atoms with Crippen molar-refractivity contribution in [2.24, 2.45) is 0 Å². The topological polar surface area (TPSA) is 304 Å². The number of hydrogen-bond acceptors (Lipinski definition) is 19. The van der Waals surface area contributed by atoms with Gasteiger partial charge in [-0.25, -0.2) is 41.9 Å². The molecule has 0 unspecified atom stereocenters. The summed E-state index contributed by atoms with van der Waals surface area (Å²) in [5.74, 6) is 0.868. The number of thiazole rings is 1. The van der Waals surface area contributed by atoms with E-state index in [1.54, 1.807) is 264 Å². The number of halogens is 5. The van der Waals surface area contributed by atoms with Crippen LogP contribution in [0.15, 0.2) is 352 Å². The number of carbonyl (C=O) groups is 5. The molecule has 0 saturated carbocycles. The third-order valence-electron chi connectivity index (χ3n) is 20.3. The number of pyridine rings is 5. The van der Waals surface area contributed by atoms with Crippen molar-refractivity contribution in [3.05, 3.63) is 465 Å². The fraction of sp³-hybridized carbons (Fsp3) is 0.107. The van der Waals surface area contributed by atoms with Crippen LogP contribution in [0.3, 0.4) is 0 Å². The number of carbonyl (C=O) groups excluding carboxylic acids is 5. The summed E-state index contributed by atoms with van der Waals surface area (Å²) in [7, 11) is 1.47. The highest BCUT2D eigenvalue weighted by Crippen LogP contribution is 2.24. The molecule has 9 aromatic carbocycles. The smallest absolute Gasteiger partial charge is 0.271 e. The number of amides is 5. The zero-order valence-corrected chi connectivity index (χ0v) is 73.1. The number of fused-ring (bicyclic) bond motifs is 3. The summed E-state index contributed by atoms with van der Waals surface area (Å²) in [6, 6.07) is 81.1. The molecular formula is C103H86F5N15O11S. The molecule has 5 N–H and O–H groups in total. The van der Waals surface area contributed by atoms with Crippen LogP contribution in [-0.4, -0.2) is 85.0 Å². The average molecular weight is 1840 g/mol. The van der Waals surface area contributed by atoms with E-state index in [4.69, 9.17) is 28.4 Å². The van der Waals surface area contributed by atoms with Gasteiger partial charge in [0.05, 0.1) is 72.7 Å². The first kappa shape index (κ1) is 93.8. The van der Waals surface area contributed by atoms with Crippen molar-refractivity contribution in [1.82, 2.24) is 74.9 Å². The summed E-state index contributed by atoms with van der Waals surface area (Å²) in [5.41, 5.74) is 13.1. The number of nitrogens with one attached hydrogen (secondary N) is 5. The van der Waals surface area contributed by atoms with Crippen molar-refractivity contribution < 1.29 is 74.3 Å². The van der Waals surface area contributed by atoms with E-state index in [0.29, 0.717) is 122 Å². The van der Waals surface area contributed by atoms with Crippen LogP contribution in [0.4, 0.5) is 22.0 Å². The monoisotopic (exact) mass is 1840 g/mol. The Balaban J connectivity index is 0.000000135. The fourth-order valence-corrected chi connectivity index (χ4v) is 13.5. The Morgan fingerprint density at radius 2 is 0.800 bits per heavy atom. The highest BCUT2D eigenvalue weighted by atomic mass is 32.1. The molecule has 0 radical (unpaired) electrons. The number of hydrogen-bond donors (Lipinski definition) is 5. The van der Waals surface area contributed by atoms with E-state index in [2.05, 4.69) is 61.7 Å². The van der Waals surface area contributed by atoms with Crippen LogP contribution >= 0.6 is 11.3 Å². The zero-order chi connectivity index (χ0) is 93.9. The molecule has 9 heterocycles. The molecule has 18 rings (SSSR count). The van der Waals surface area contributed by atoms with Crippen LogP contribution in [-0.2, 0) is 65.8 Å². The van der Waals surface area contributed by atoms with Crippen molar-refractivity contribution in [3.8, 4) is 34.6 Å². The van der Waals surface area contributed by atoms with Gasteiger partial charge in [0, 0.05) is 83.5 Å². The van der Waals surface area contributed by atoms with Crippen LogP contribution in [0.1, 0.15) is 108 Å². The first-order valence-electron chi connectivity index (χ1n) is 42.0. The van der Waals surface area contributed by atoms with Gasteiger partial charge in [-0.2, -0.15) is 0 Å². The van der Waals surface area contributed by atoms with Gasteiger partial charge in [0.15, 0.2) is 5.65 Å². The Labute approximate surface area is 775 Å². The molecule has 0 saturated heterocycles. The normalized spacial score (nSPS) is 10.6. The van der Waals surface area contributed by atoms with Gasteiger partial charge in [-0.15, -0.1) is 21.5 Å². The third-order valence-corrected chi connectivity index (χ3v) is 20.9. The van der Waals surface area contributed by atoms with Crippen molar-refractivity contribution in [2.75, 3.05) is 7.11 Å². The first-order chi connectivity index (χ1) is 66.0. The lowest BCUT2D eigenvalue weighted by atomic mass is 10.2. The fourth-order valence-electron chi connectivity index (χ4n) is 12.9. The molecule has 26 nitrogen and oxygen atoms in total. The number of benzene rings is 9. The number of imidazole rings is 2. The van der Waals surface area contributed by atoms with Crippen LogP contribution in [0.2, 0.25) is 0 Å². The number of aromatic nitrogens is 10. The molecule has 32 heteroatoms. The van der Waals surface area contributed by atoms with E-state index in [1.165, 1.54) is 55.1 Å². The molecule has 0 bridgehead atoms. The number of rotatable bonds is 31. The zero-order valence-electron chi connectivity index (χ0n) is 72.3. The summed E-state index contributed by atoms with van der Waals surface area (Å²) in [5, 5.41) is 23.7. The Morgan fingerprint density at radius 3 is 1.27 bits per heavy atom. The van der Waals surface area contributed by atoms with Crippen LogP contribution in [0.25, 0.3) is 16.7 Å². The van der Waals surface area contributed by atoms with Gasteiger partial charge in [-0.1, -0.05) is 146 Å². The summed E-state index contributed by atoms with van der Waals surface area (Å²) < 4.78 is 106. The summed E-state index contributed by atoms with van der Waals surface area (Å²) in [6.07, 6.45) is 14.9. The van der Waals surface area contributed by atoms with E-state index in [1.807, 2.05) is 65.1 Å². The number of ether oxygens (including phenoxy) is 6. The second-order valence-corrected chi connectivity index (χ2v) is 30.3. The maximum absolute atomic E-state index is 13.6. The van der Waals surface area contributed by atoms with E-state index in [0.717, 1.165) is 33.3 Å². The van der Waals surface area contributed by atoms with Gasteiger partial charge in [-0.05, 0) is 162 Å². The molecule has 5 amide bonds. The largest absolute Gasteiger partial charge is 0.489 e. The molecule has 0 aliphatic carbocycles. The van der Waals surface area contributed by atoms with Crippen molar-refractivity contribution >= 4 is 57.6 Å². The lowest BCUT2D eigenvalue weighted by Gasteiger charge is -2.10. The Kier molecular flexibility index (Phi) is 33.3. The highest BCUT2D eigenvalue weighted by Gasteiger charge is 2.18. The Hall–Kier alpha value is -17.3. The van der Waals surface area contributed by atoms with Crippen LogP contribution in [0, 0.1) is 29.1 Å². The standard InChI is InChI=1S/2C22H18FN3O2.C21H19FN2O3.C20H16FN5O2.C18H15FN2O2S/c23-20-6-2-1-4-17(20)14-28-19-10-8-16(9-11-19)12-25-22(27)21-7-3-5-18-13-24-15-26(18)21;23-21-4-2-1-3-18(21)14-28-20-7-5-16(6-8-20)12-25-22(27)17-9-10-26-15-24-13-19(26)11-17;1-26-21-18(6-4-12-23-21)20(25)24-13-15-8-10-17(11-9-15)27-14-16-5-2-3-7-19(16)22;21-18-6-2-1-4-14(18)12-28-16-8-7-15(22-11-16)10-23-20(27)17-5-3-9-26-13-24-25-19(17)26;19-16-4-2-1-3-14(16)10-23-15-7-5-13(6-8-15)9-20-18(22)17-11-24-12-21-17/h2*1-11,13,15H,12,14H2,(H,25,27);2-12H,13-14H2,1H3,(H,24,25);1-9,11,13H,10,12H2,(H,23,27);1-8,11-12H,9-10H2,(H,20,22). The molecule has 0 spiro atoms.